The molecule has 1 aliphatic rings. The van der Waals surface area contributed by atoms with Gasteiger partial charge >= 0.3 is 0 Å². The maximum atomic E-state index is 5.39. The lowest BCUT2D eigenvalue weighted by Gasteiger charge is -2.34. The summed E-state index contributed by atoms with van der Waals surface area (Å²) in [4.78, 5) is 0. The van der Waals surface area contributed by atoms with Crippen LogP contribution >= 0.6 is 12.2 Å². The van der Waals surface area contributed by atoms with E-state index in [4.69, 9.17) is 17.0 Å². The van der Waals surface area contributed by atoms with Crippen molar-refractivity contribution in [2.45, 2.75) is 19.8 Å². The Hall–Kier alpha value is -1.13. The molecule has 1 fully saturated rings. The normalized spacial score (nSPS) is 18.1. The van der Waals surface area contributed by atoms with Crippen LogP contribution in [0.4, 0.5) is 5.69 Å². The van der Waals surface area contributed by atoms with Crippen LogP contribution in [-0.4, -0.2) is 24.9 Å². The SMILES string of the molecule is CC1(CNC(=S)Nc2ccccc2)CCOCC1. The van der Waals surface area contributed by atoms with Crippen molar-refractivity contribution in [3.63, 3.8) is 0 Å². The van der Waals surface area contributed by atoms with Crippen LogP contribution in [0, 0.1) is 5.41 Å². The molecule has 1 aromatic rings. The van der Waals surface area contributed by atoms with Crippen molar-refractivity contribution in [3.05, 3.63) is 30.3 Å². The maximum Gasteiger partial charge on any atom is 0.170 e. The van der Waals surface area contributed by atoms with Gasteiger partial charge in [-0.15, -0.1) is 0 Å². The highest BCUT2D eigenvalue weighted by Gasteiger charge is 2.27. The molecule has 1 saturated heterocycles. The minimum atomic E-state index is 0.292. The number of thiocarbonyl (C=S) groups is 1. The Balaban J connectivity index is 1.78. The zero-order valence-electron chi connectivity index (χ0n) is 10.7. The van der Waals surface area contributed by atoms with Gasteiger partial charge in [-0.2, -0.15) is 0 Å². The van der Waals surface area contributed by atoms with Gasteiger partial charge in [-0.25, -0.2) is 0 Å². The van der Waals surface area contributed by atoms with Gasteiger partial charge in [-0.05, 0) is 42.6 Å². The van der Waals surface area contributed by atoms with Crippen molar-refractivity contribution in [2.75, 3.05) is 25.1 Å². The Bertz CT molecular complexity index is 388. The molecule has 1 aliphatic heterocycles. The molecule has 0 atom stereocenters. The van der Waals surface area contributed by atoms with Crippen molar-refractivity contribution < 1.29 is 4.74 Å². The Labute approximate surface area is 114 Å². The number of ether oxygens (including phenoxy) is 1. The lowest BCUT2D eigenvalue weighted by Crippen LogP contribution is -2.40. The molecule has 0 aliphatic carbocycles. The van der Waals surface area contributed by atoms with Crippen LogP contribution in [0.3, 0.4) is 0 Å². The van der Waals surface area contributed by atoms with E-state index in [0.717, 1.165) is 38.3 Å². The first-order valence-corrected chi connectivity index (χ1v) is 6.76. The third-order valence-corrected chi connectivity index (χ3v) is 3.65. The maximum absolute atomic E-state index is 5.39. The summed E-state index contributed by atoms with van der Waals surface area (Å²) in [6.45, 7) is 4.90. The van der Waals surface area contributed by atoms with Crippen LogP contribution in [0.25, 0.3) is 0 Å². The highest BCUT2D eigenvalue weighted by molar-refractivity contribution is 7.80. The third kappa shape index (κ3) is 3.96. The zero-order valence-corrected chi connectivity index (χ0v) is 11.6. The second-order valence-electron chi connectivity index (χ2n) is 5.10. The summed E-state index contributed by atoms with van der Waals surface area (Å²) in [5.41, 5.74) is 1.31. The molecule has 1 heterocycles. The van der Waals surface area contributed by atoms with E-state index in [1.54, 1.807) is 0 Å². The van der Waals surface area contributed by atoms with Crippen molar-refractivity contribution in [2.24, 2.45) is 5.41 Å². The molecule has 0 unspecified atom stereocenters. The van der Waals surface area contributed by atoms with Crippen LogP contribution in [0.5, 0.6) is 0 Å². The summed E-state index contributed by atoms with van der Waals surface area (Å²) in [6.07, 6.45) is 2.18. The van der Waals surface area contributed by atoms with E-state index in [1.807, 2.05) is 30.3 Å². The average Bonchev–Trinajstić information content (AvgIpc) is 2.39. The highest BCUT2D eigenvalue weighted by Crippen LogP contribution is 2.28. The first-order chi connectivity index (χ1) is 8.68. The molecule has 3 nitrogen and oxygen atoms in total. The second-order valence-corrected chi connectivity index (χ2v) is 5.50. The Morgan fingerprint density at radius 2 is 1.94 bits per heavy atom. The second kappa shape index (κ2) is 6.16. The summed E-state index contributed by atoms with van der Waals surface area (Å²) in [7, 11) is 0. The number of hydrogen-bond acceptors (Lipinski definition) is 2. The molecule has 0 saturated carbocycles. The van der Waals surface area contributed by atoms with E-state index in [1.165, 1.54) is 0 Å². The van der Waals surface area contributed by atoms with Gasteiger partial charge < -0.3 is 15.4 Å². The number of hydrogen-bond donors (Lipinski definition) is 2. The molecular formula is C14H20N2OS. The van der Waals surface area contributed by atoms with Crippen molar-refractivity contribution in [1.29, 1.82) is 0 Å². The summed E-state index contributed by atoms with van der Waals surface area (Å²) < 4.78 is 5.39. The summed E-state index contributed by atoms with van der Waals surface area (Å²) in [5.74, 6) is 0. The van der Waals surface area contributed by atoms with E-state index in [0.29, 0.717) is 10.5 Å². The smallest absolute Gasteiger partial charge is 0.170 e. The van der Waals surface area contributed by atoms with Gasteiger partial charge in [0.2, 0.25) is 0 Å². The Morgan fingerprint density at radius 3 is 2.61 bits per heavy atom. The topological polar surface area (TPSA) is 33.3 Å². The van der Waals surface area contributed by atoms with Crippen LogP contribution in [0.15, 0.2) is 30.3 Å². The molecule has 18 heavy (non-hydrogen) atoms. The first-order valence-electron chi connectivity index (χ1n) is 6.36. The summed E-state index contributed by atoms with van der Waals surface area (Å²) >= 11 is 5.30. The number of benzene rings is 1. The van der Waals surface area contributed by atoms with Crippen molar-refractivity contribution in [3.8, 4) is 0 Å². The van der Waals surface area contributed by atoms with E-state index in [-0.39, 0.29) is 0 Å². The lowest BCUT2D eigenvalue weighted by atomic mass is 9.82. The quantitative estimate of drug-likeness (QED) is 0.823. The number of anilines is 1. The zero-order chi connectivity index (χ0) is 12.8. The highest BCUT2D eigenvalue weighted by atomic mass is 32.1. The van der Waals surface area contributed by atoms with Gasteiger partial charge in [-0.3, -0.25) is 0 Å². The van der Waals surface area contributed by atoms with Crippen LogP contribution in [-0.2, 0) is 4.74 Å². The molecule has 98 valence electrons. The number of rotatable bonds is 3. The number of para-hydroxylation sites is 1. The van der Waals surface area contributed by atoms with E-state index in [9.17, 15) is 0 Å². The molecule has 4 heteroatoms. The molecule has 2 rings (SSSR count). The fourth-order valence-electron chi connectivity index (χ4n) is 2.03. The van der Waals surface area contributed by atoms with Gasteiger partial charge in [0.15, 0.2) is 5.11 Å². The lowest BCUT2D eigenvalue weighted by molar-refractivity contribution is 0.0262. The fraction of sp³-hybridized carbons (Fsp3) is 0.500. The molecule has 1 aromatic carbocycles. The van der Waals surface area contributed by atoms with Crippen LogP contribution in [0.1, 0.15) is 19.8 Å². The van der Waals surface area contributed by atoms with Gasteiger partial charge in [0.25, 0.3) is 0 Å². The monoisotopic (exact) mass is 264 g/mol. The minimum Gasteiger partial charge on any atom is -0.381 e. The Morgan fingerprint density at radius 1 is 1.28 bits per heavy atom. The van der Waals surface area contributed by atoms with Gasteiger partial charge in [0, 0.05) is 25.4 Å². The molecular weight excluding hydrogens is 244 g/mol. The molecule has 0 bridgehead atoms. The van der Waals surface area contributed by atoms with Gasteiger partial charge in [0.1, 0.15) is 0 Å². The molecule has 0 spiro atoms. The number of nitrogens with one attached hydrogen (secondary N) is 2. The van der Waals surface area contributed by atoms with E-state index < -0.39 is 0 Å². The summed E-state index contributed by atoms with van der Waals surface area (Å²) in [5, 5.41) is 7.18. The van der Waals surface area contributed by atoms with Gasteiger partial charge in [0.05, 0.1) is 0 Å². The average molecular weight is 264 g/mol. The minimum absolute atomic E-state index is 0.292. The molecule has 0 amide bonds. The van der Waals surface area contributed by atoms with E-state index in [2.05, 4.69) is 17.6 Å². The van der Waals surface area contributed by atoms with Crippen LogP contribution in [0.2, 0.25) is 0 Å². The van der Waals surface area contributed by atoms with Crippen molar-refractivity contribution >= 4 is 23.0 Å². The van der Waals surface area contributed by atoms with Crippen molar-refractivity contribution in [1.82, 2.24) is 5.32 Å². The fourth-order valence-corrected chi connectivity index (χ4v) is 2.22. The van der Waals surface area contributed by atoms with Gasteiger partial charge in [-0.1, -0.05) is 25.1 Å². The van der Waals surface area contributed by atoms with Crippen LogP contribution < -0.4 is 10.6 Å². The Kier molecular flexibility index (Phi) is 4.55. The standard InChI is InChI=1S/C14H20N2OS/c1-14(7-9-17-10-8-14)11-15-13(18)16-12-5-3-2-4-6-12/h2-6H,7-11H2,1H3,(H2,15,16,18). The predicted molar refractivity (Wildman–Crippen MR) is 78.8 cm³/mol. The predicted octanol–water partition coefficient (Wildman–Crippen LogP) is 2.79. The first kappa shape index (κ1) is 13.3. The molecule has 0 aromatic heterocycles. The molecule has 0 radical (unpaired) electrons. The third-order valence-electron chi connectivity index (χ3n) is 3.41. The largest absolute Gasteiger partial charge is 0.381 e. The summed E-state index contributed by atoms with van der Waals surface area (Å²) in [6, 6.07) is 9.98. The van der Waals surface area contributed by atoms with E-state index >= 15 is 0 Å². The molecule has 2 N–H and O–H groups in total.